The van der Waals surface area contributed by atoms with Gasteiger partial charge in [0, 0.05) is 54.6 Å². The van der Waals surface area contributed by atoms with Crippen molar-refractivity contribution in [2.24, 2.45) is 0 Å². The fraction of sp³-hybridized carbons (Fsp3) is 0.429. The first kappa shape index (κ1) is 37.2. The van der Waals surface area contributed by atoms with E-state index in [1.165, 1.54) is 5.57 Å². The molecule has 38 heavy (non-hydrogen) atoms. The SMILES string of the molecule is C/C=C\C(=C/C)CSC/C=C/C(=C/c1[nH]c(C)c(C(=O)N2CCN(C)CC2)c1C)C(=O)N/C=C/C.F.O.O. The van der Waals surface area contributed by atoms with Crippen molar-refractivity contribution >= 4 is 29.7 Å². The third-order valence-electron chi connectivity index (χ3n) is 5.96. The first-order valence-corrected chi connectivity index (χ1v) is 13.3. The summed E-state index contributed by atoms with van der Waals surface area (Å²) in [5, 5.41) is 2.80. The van der Waals surface area contributed by atoms with Gasteiger partial charge in [-0.15, -0.1) is 0 Å². The van der Waals surface area contributed by atoms with E-state index in [2.05, 4.69) is 34.4 Å². The second-order valence-electron chi connectivity index (χ2n) is 8.61. The quantitative estimate of drug-likeness (QED) is 0.262. The van der Waals surface area contributed by atoms with Crippen LogP contribution in [-0.2, 0) is 4.79 Å². The minimum absolute atomic E-state index is 0. The van der Waals surface area contributed by atoms with Crippen molar-refractivity contribution in [2.45, 2.75) is 34.6 Å². The van der Waals surface area contributed by atoms with Gasteiger partial charge in [-0.1, -0.05) is 36.5 Å². The van der Waals surface area contributed by atoms with Crippen molar-refractivity contribution < 1.29 is 25.2 Å². The standard InChI is InChI=1S/C28H40N4O2S.FH.2H2O/c1-7-11-23(9-3)20-35-18-10-12-24(27(33)29-13-8-2)19-25-21(4)26(22(5)30-25)28(34)32-16-14-31(6)15-17-32;;;/h7-13,19,30H,14-18,20H2,1-6H3,(H,29,33);1H;2*1H2/b11-7-,12-10+,13-8+,23-9+,24-19-;;;. The number of thioether (sulfide) groups is 1. The number of aromatic amines is 1. The number of allylic oxidation sites excluding steroid dienone is 4. The molecule has 1 aromatic heterocycles. The number of nitrogens with zero attached hydrogens (tertiary/aromatic N) is 2. The minimum atomic E-state index is -0.189. The van der Waals surface area contributed by atoms with Crippen LogP contribution in [0.5, 0.6) is 0 Å². The highest BCUT2D eigenvalue weighted by molar-refractivity contribution is 7.99. The predicted octanol–water partition coefficient (Wildman–Crippen LogP) is 3.37. The molecule has 1 aliphatic heterocycles. The van der Waals surface area contributed by atoms with Gasteiger partial charge in [0.25, 0.3) is 11.8 Å². The molecule has 10 heteroatoms. The molecule has 1 aromatic rings. The number of amides is 2. The molecule has 8 nitrogen and oxygen atoms in total. The molecule has 0 bridgehead atoms. The number of aromatic nitrogens is 1. The van der Waals surface area contributed by atoms with Crippen LogP contribution in [-0.4, -0.2) is 82.3 Å². The van der Waals surface area contributed by atoms with E-state index in [0.717, 1.165) is 54.6 Å². The maximum atomic E-state index is 13.2. The van der Waals surface area contributed by atoms with Gasteiger partial charge in [0.2, 0.25) is 0 Å². The summed E-state index contributed by atoms with van der Waals surface area (Å²) in [5.41, 5.74) is 5.00. The second kappa shape index (κ2) is 19.2. The van der Waals surface area contributed by atoms with Gasteiger partial charge in [0.05, 0.1) is 5.56 Å². The Labute approximate surface area is 230 Å². The molecule has 0 aliphatic carbocycles. The number of hydrogen-bond acceptors (Lipinski definition) is 4. The Hall–Kier alpha value is -2.92. The maximum Gasteiger partial charge on any atom is 0.256 e. The summed E-state index contributed by atoms with van der Waals surface area (Å²) in [5.74, 6) is 1.57. The number of piperazine rings is 1. The molecule has 2 heterocycles. The molecular formula is C28H45FN4O4S. The summed E-state index contributed by atoms with van der Waals surface area (Å²) >= 11 is 1.79. The van der Waals surface area contributed by atoms with Crippen molar-refractivity contribution in [2.75, 3.05) is 44.7 Å². The Morgan fingerprint density at radius 2 is 1.68 bits per heavy atom. The predicted molar refractivity (Wildman–Crippen MR) is 159 cm³/mol. The number of carbonyl (C=O) groups is 2. The molecule has 6 N–H and O–H groups in total. The number of H-pyrrole nitrogens is 1. The molecule has 1 aliphatic rings. The van der Waals surface area contributed by atoms with Gasteiger partial charge < -0.3 is 31.1 Å². The third-order valence-corrected chi connectivity index (χ3v) is 6.92. The number of likely N-dealkylation sites (N-methyl/N-ethyl adjacent to an activating group) is 1. The molecule has 0 radical (unpaired) electrons. The van der Waals surface area contributed by atoms with Crippen LogP contribution in [0.4, 0.5) is 4.70 Å². The number of carbonyl (C=O) groups excluding carboxylic acids is 2. The Morgan fingerprint density at radius 1 is 1.03 bits per heavy atom. The van der Waals surface area contributed by atoms with Crippen molar-refractivity contribution in [1.82, 2.24) is 20.1 Å². The van der Waals surface area contributed by atoms with Crippen LogP contribution in [0.1, 0.15) is 48.1 Å². The van der Waals surface area contributed by atoms with E-state index in [9.17, 15) is 9.59 Å². The first-order valence-electron chi connectivity index (χ1n) is 12.1. The van der Waals surface area contributed by atoms with Crippen molar-refractivity contribution in [3.05, 3.63) is 76.3 Å². The highest BCUT2D eigenvalue weighted by Gasteiger charge is 2.25. The third kappa shape index (κ3) is 10.8. The highest BCUT2D eigenvalue weighted by Crippen LogP contribution is 2.23. The average molecular weight is 553 g/mol. The molecule has 214 valence electrons. The van der Waals surface area contributed by atoms with E-state index in [-0.39, 0.29) is 27.5 Å². The van der Waals surface area contributed by atoms with Crippen molar-refractivity contribution in [3.8, 4) is 0 Å². The van der Waals surface area contributed by atoms with E-state index in [1.807, 2.05) is 63.8 Å². The van der Waals surface area contributed by atoms with Gasteiger partial charge in [-0.3, -0.25) is 14.3 Å². The van der Waals surface area contributed by atoms with Crippen LogP contribution in [0.2, 0.25) is 0 Å². The normalized spacial score (nSPS) is 14.9. The fourth-order valence-electron chi connectivity index (χ4n) is 3.86. The Kier molecular flexibility index (Phi) is 18.8. The van der Waals surface area contributed by atoms with Crippen LogP contribution >= 0.6 is 11.8 Å². The summed E-state index contributed by atoms with van der Waals surface area (Å²) in [6.45, 7) is 13.0. The topological polar surface area (TPSA) is 131 Å². The summed E-state index contributed by atoms with van der Waals surface area (Å²) in [6, 6.07) is 0. The lowest BCUT2D eigenvalue weighted by atomic mass is 10.1. The first-order chi connectivity index (χ1) is 16.8. The van der Waals surface area contributed by atoms with E-state index in [1.54, 1.807) is 24.0 Å². The minimum Gasteiger partial charge on any atom is -0.412 e. The van der Waals surface area contributed by atoms with Crippen molar-refractivity contribution in [3.63, 3.8) is 0 Å². The van der Waals surface area contributed by atoms with Crippen LogP contribution < -0.4 is 5.32 Å². The molecule has 2 amide bonds. The van der Waals surface area contributed by atoms with E-state index < -0.39 is 0 Å². The lowest BCUT2D eigenvalue weighted by Gasteiger charge is -2.32. The number of hydrogen-bond donors (Lipinski definition) is 2. The van der Waals surface area contributed by atoms with Gasteiger partial charge in [-0.05, 0) is 65.1 Å². The van der Waals surface area contributed by atoms with Gasteiger partial charge in [-0.25, -0.2) is 0 Å². The molecule has 0 atom stereocenters. The van der Waals surface area contributed by atoms with E-state index in [0.29, 0.717) is 11.1 Å². The number of nitrogens with one attached hydrogen (secondary N) is 2. The maximum absolute atomic E-state index is 13.2. The zero-order chi connectivity index (χ0) is 25.8. The lowest BCUT2D eigenvalue weighted by Crippen LogP contribution is -2.47. The highest BCUT2D eigenvalue weighted by atomic mass is 32.2. The van der Waals surface area contributed by atoms with Crippen LogP contribution in [0.15, 0.2) is 53.8 Å². The van der Waals surface area contributed by atoms with Gasteiger partial charge in [0.15, 0.2) is 0 Å². The monoisotopic (exact) mass is 552 g/mol. The zero-order valence-corrected chi connectivity index (χ0v) is 24.2. The van der Waals surface area contributed by atoms with E-state index >= 15 is 0 Å². The molecule has 1 fully saturated rings. The van der Waals surface area contributed by atoms with Crippen LogP contribution in [0.25, 0.3) is 6.08 Å². The lowest BCUT2D eigenvalue weighted by molar-refractivity contribution is -0.116. The summed E-state index contributed by atoms with van der Waals surface area (Å²) in [4.78, 5) is 33.6. The summed E-state index contributed by atoms with van der Waals surface area (Å²) < 4.78 is 0. The number of aryl methyl sites for hydroxylation is 1. The smallest absolute Gasteiger partial charge is 0.256 e. The van der Waals surface area contributed by atoms with Gasteiger partial charge in [0.1, 0.15) is 0 Å². The molecule has 0 saturated carbocycles. The molecule has 0 unspecified atom stereocenters. The van der Waals surface area contributed by atoms with Gasteiger partial charge >= 0.3 is 0 Å². The molecule has 2 rings (SSSR count). The number of rotatable bonds is 10. The summed E-state index contributed by atoms with van der Waals surface area (Å²) in [7, 11) is 2.07. The zero-order valence-electron chi connectivity index (χ0n) is 23.4. The van der Waals surface area contributed by atoms with E-state index in [4.69, 9.17) is 0 Å². The molecule has 0 spiro atoms. The fourth-order valence-corrected chi connectivity index (χ4v) is 4.70. The van der Waals surface area contributed by atoms with Crippen molar-refractivity contribution in [1.29, 1.82) is 0 Å². The summed E-state index contributed by atoms with van der Waals surface area (Å²) in [6.07, 6.45) is 15.4. The molecular weight excluding hydrogens is 507 g/mol. The van der Waals surface area contributed by atoms with Gasteiger partial charge in [-0.2, -0.15) is 11.8 Å². The largest absolute Gasteiger partial charge is 0.412 e. The second-order valence-corrected chi connectivity index (χ2v) is 9.64. The Balaban J connectivity index is 0. The molecule has 0 aromatic carbocycles. The number of halogens is 1. The molecule has 1 saturated heterocycles. The van der Waals surface area contributed by atoms with Crippen LogP contribution in [0, 0.1) is 13.8 Å². The average Bonchev–Trinajstić information content (AvgIpc) is 3.13. The van der Waals surface area contributed by atoms with Crippen LogP contribution in [0.3, 0.4) is 0 Å². The Morgan fingerprint density at radius 3 is 2.26 bits per heavy atom. The Bertz CT molecular complexity index is 1040.